The van der Waals surface area contributed by atoms with Crippen LogP contribution in [0.1, 0.15) is 39.1 Å². The van der Waals surface area contributed by atoms with Crippen LogP contribution in [0.3, 0.4) is 0 Å². The number of fused-ring (bicyclic) bond motifs is 2. The first-order valence-electron chi connectivity index (χ1n) is 12.0. The molecule has 7 nitrogen and oxygen atoms in total. The van der Waals surface area contributed by atoms with Crippen molar-refractivity contribution < 1.29 is 19.1 Å². The van der Waals surface area contributed by atoms with Crippen LogP contribution >= 0.6 is 0 Å². The van der Waals surface area contributed by atoms with Gasteiger partial charge in [-0.05, 0) is 42.7 Å². The predicted octanol–water partition coefficient (Wildman–Crippen LogP) is 5.31. The summed E-state index contributed by atoms with van der Waals surface area (Å²) in [6.45, 7) is 1.49. The Kier molecular flexibility index (Phi) is 6.80. The molecule has 0 radical (unpaired) electrons. The average Bonchev–Trinajstić information content (AvgIpc) is 3.17. The molecule has 182 valence electrons. The number of anilines is 1. The summed E-state index contributed by atoms with van der Waals surface area (Å²) in [4.78, 5) is 31.2. The predicted molar refractivity (Wildman–Crippen MR) is 139 cm³/mol. The molecule has 0 bridgehead atoms. The van der Waals surface area contributed by atoms with Gasteiger partial charge in [-0.15, -0.1) is 0 Å². The van der Waals surface area contributed by atoms with E-state index < -0.39 is 0 Å². The van der Waals surface area contributed by atoms with Crippen molar-refractivity contribution in [1.82, 2.24) is 9.88 Å². The third-order valence-corrected chi connectivity index (χ3v) is 6.21. The second kappa shape index (κ2) is 10.5. The van der Waals surface area contributed by atoms with Gasteiger partial charge < -0.3 is 14.8 Å². The van der Waals surface area contributed by atoms with E-state index in [9.17, 15) is 9.59 Å². The number of unbranched alkanes of at least 4 members (excludes halogenated alkanes) is 1. The number of pyridine rings is 1. The van der Waals surface area contributed by atoms with Crippen molar-refractivity contribution in [3.8, 4) is 11.6 Å². The van der Waals surface area contributed by atoms with Crippen LogP contribution in [0.15, 0.2) is 78.9 Å². The Morgan fingerprint density at radius 1 is 0.861 bits per heavy atom. The molecule has 2 heterocycles. The number of methoxy groups -OCH3 is 1. The van der Waals surface area contributed by atoms with Crippen LogP contribution in [0, 0.1) is 0 Å². The number of carbonyl (C=O) groups is 2. The zero-order chi connectivity index (χ0) is 24.9. The van der Waals surface area contributed by atoms with Gasteiger partial charge in [0.2, 0.25) is 5.88 Å². The van der Waals surface area contributed by atoms with Crippen LogP contribution in [-0.4, -0.2) is 41.9 Å². The highest BCUT2D eigenvalue weighted by Crippen LogP contribution is 2.30. The van der Waals surface area contributed by atoms with E-state index in [4.69, 9.17) is 14.5 Å². The van der Waals surface area contributed by atoms with Crippen molar-refractivity contribution in [2.45, 2.75) is 19.4 Å². The van der Waals surface area contributed by atoms with Crippen LogP contribution < -0.4 is 14.8 Å². The normalized spacial score (nSPS) is 12.6. The monoisotopic (exact) mass is 481 g/mol. The Bertz CT molecular complexity index is 1370. The molecule has 0 saturated heterocycles. The average molecular weight is 482 g/mol. The van der Waals surface area contributed by atoms with Gasteiger partial charge in [-0.2, -0.15) is 0 Å². The molecule has 0 spiro atoms. The molecule has 5 rings (SSSR count). The van der Waals surface area contributed by atoms with Gasteiger partial charge in [0.05, 0.1) is 29.4 Å². The lowest BCUT2D eigenvalue weighted by Gasteiger charge is -2.15. The summed E-state index contributed by atoms with van der Waals surface area (Å²) < 4.78 is 11.4. The second-order valence-electron chi connectivity index (χ2n) is 8.61. The van der Waals surface area contributed by atoms with E-state index in [0.717, 1.165) is 34.3 Å². The molecule has 1 aliphatic rings. The molecule has 36 heavy (non-hydrogen) atoms. The summed E-state index contributed by atoms with van der Waals surface area (Å²) in [5, 5.41) is 4.38. The van der Waals surface area contributed by atoms with Gasteiger partial charge in [0.1, 0.15) is 12.4 Å². The van der Waals surface area contributed by atoms with E-state index in [1.165, 1.54) is 4.90 Å². The van der Waals surface area contributed by atoms with Crippen molar-refractivity contribution in [1.29, 1.82) is 0 Å². The first-order valence-corrected chi connectivity index (χ1v) is 12.0. The third kappa shape index (κ3) is 4.86. The lowest BCUT2D eigenvalue weighted by molar-refractivity contribution is 0.0652. The highest BCUT2D eigenvalue weighted by atomic mass is 16.5. The number of imide groups is 1. The number of benzene rings is 3. The zero-order valence-electron chi connectivity index (χ0n) is 20.1. The van der Waals surface area contributed by atoms with Crippen molar-refractivity contribution in [2.75, 3.05) is 25.5 Å². The quantitative estimate of drug-likeness (QED) is 0.244. The number of nitrogens with one attached hydrogen (secondary N) is 1. The van der Waals surface area contributed by atoms with Gasteiger partial charge in [-0.1, -0.05) is 42.5 Å². The Morgan fingerprint density at radius 2 is 1.58 bits per heavy atom. The van der Waals surface area contributed by atoms with E-state index in [0.29, 0.717) is 43.1 Å². The smallest absolute Gasteiger partial charge is 0.261 e. The highest BCUT2D eigenvalue weighted by Gasteiger charge is 2.34. The van der Waals surface area contributed by atoms with Crippen LogP contribution in [0.4, 0.5) is 5.69 Å². The lowest BCUT2D eigenvalue weighted by atomic mass is 10.1. The summed E-state index contributed by atoms with van der Waals surface area (Å²) in [6.07, 6.45) is 1.47. The maximum absolute atomic E-state index is 12.5. The van der Waals surface area contributed by atoms with E-state index in [2.05, 4.69) is 5.32 Å². The number of rotatable bonds is 10. The molecule has 3 aromatic carbocycles. The molecule has 1 N–H and O–H groups in total. The molecular formula is C29H27N3O4. The number of hydrogen-bond donors (Lipinski definition) is 1. The summed E-state index contributed by atoms with van der Waals surface area (Å²) in [5.41, 5.74) is 3.68. The molecular weight excluding hydrogens is 454 g/mol. The topological polar surface area (TPSA) is 80.8 Å². The van der Waals surface area contributed by atoms with E-state index in [1.54, 1.807) is 31.4 Å². The van der Waals surface area contributed by atoms with Gasteiger partial charge in [-0.3, -0.25) is 14.5 Å². The van der Waals surface area contributed by atoms with E-state index in [1.807, 2.05) is 54.6 Å². The molecule has 1 aromatic heterocycles. The van der Waals surface area contributed by atoms with Crippen LogP contribution in [0.2, 0.25) is 0 Å². The molecule has 2 amide bonds. The molecule has 7 heteroatoms. The molecule has 1 aliphatic heterocycles. The molecule has 0 saturated carbocycles. The lowest BCUT2D eigenvalue weighted by Crippen LogP contribution is -2.30. The number of hydrogen-bond acceptors (Lipinski definition) is 6. The number of ether oxygens (including phenoxy) is 2. The Labute approximate surface area is 209 Å². The molecule has 0 aliphatic carbocycles. The maximum Gasteiger partial charge on any atom is 0.261 e. The third-order valence-electron chi connectivity index (χ3n) is 6.21. The van der Waals surface area contributed by atoms with Crippen molar-refractivity contribution in [2.24, 2.45) is 0 Å². The maximum atomic E-state index is 12.5. The summed E-state index contributed by atoms with van der Waals surface area (Å²) in [6, 6.07) is 24.6. The van der Waals surface area contributed by atoms with Crippen LogP contribution in [-0.2, 0) is 6.61 Å². The second-order valence-corrected chi connectivity index (χ2v) is 8.61. The molecule has 0 unspecified atom stereocenters. The standard InChI is InChI=1S/C29H27N3O4/c1-35-22-17-21-13-14-26(36-19-20-9-3-2-4-10-20)31-27(21)25(18-22)30-15-7-8-16-32-28(33)23-11-5-6-12-24(23)29(32)34/h2-6,9-14,17-18,30H,7-8,15-16,19H2,1H3. The largest absolute Gasteiger partial charge is 0.497 e. The summed E-state index contributed by atoms with van der Waals surface area (Å²) in [5.74, 6) is 0.852. The molecule has 0 fully saturated rings. The SMILES string of the molecule is COc1cc(NCCCCN2C(=O)c3ccccc3C2=O)c2nc(OCc3ccccc3)ccc2c1. The molecule has 0 atom stereocenters. The Balaban J connectivity index is 1.21. The fourth-order valence-corrected chi connectivity index (χ4v) is 4.31. The Hall–Kier alpha value is -4.39. The van der Waals surface area contributed by atoms with Crippen molar-refractivity contribution in [3.05, 3.63) is 95.6 Å². The minimum absolute atomic E-state index is 0.213. The fourth-order valence-electron chi connectivity index (χ4n) is 4.31. The van der Waals surface area contributed by atoms with E-state index in [-0.39, 0.29) is 11.8 Å². The number of amides is 2. The van der Waals surface area contributed by atoms with Gasteiger partial charge >= 0.3 is 0 Å². The minimum atomic E-state index is -0.213. The zero-order valence-corrected chi connectivity index (χ0v) is 20.1. The summed E-state index contributed by atoms with van der Waals surface area (Å²) >= 11 is 0. The Morgan fingerprint density at radius 3 is 2.31 bits per heavy atom. The fraction of sp³-hybridized carbons (Fsp3) is 0.207. The van der Waals surface area contributed by atoms with Crippen molar-refractivity contribution >= 4 is 28.4 Å². The van der Waals surface area contributed by atoms with Crippen LogP contribution in [0.5, 0.6) is 11.6 Å². The van der Waals surface area contributed by atoms with Gasteiger partial charge in [-0.25, -0.2) is 4.98 Å². The highest BCUT2D eigenvalue weighted by molar-refractivity contribution is 6.21. The van der Waals surface area contributed by atoms with Gasteiger partial charge in [0.15, 0.2) is 0 Å². The van der Waals surface area contributed by atoms with Gasteiger partial charge in [0.25, 0.3) is 11.8 Å². The van der Waals surface area contributed by atoms with Gasteiger partial charge in [0, 0.05) is 30.6 Å². The summed E-state index contributed by atoms with van der Waals surface area (Å²) in [7, 11) is 1.64. The molecule has 4 aromatic rings. The van der Waals surface area contributed by atoms with Crippen LogP contribution in [0.25, 0.3) is 10.9 Å². The minimum Gasteiger partial charge on any atom is -0.497 e. The number of nitrogens with zero attached hydrogens (tertiary/aromatic N) is 2. The first kappa shape index (κ1) is 23.4. The van der Waals surface area contributed by atoms with E-state index >= 15 is 0 Å². The van der Waals surface area contributed by atoms with Crippen molar-refractivity contribution in [3.63, 3.8) is 0 Å². The first-order chi connectivity index (χ1) is 17.6. The number of aromatic nitrogens is 1. The number of carbonyl (C=O) groups excluding carboxylic acids is 2.